The normalized spacial score (nSPS) is 27.0. The molecule has 3 heterocycles. The lowest BCUT2D eigenvalue weighted by Gasteiger charge is -2.35. The number of fused-ring (bicyclic) bond motifs is 1. The van der Waals surface area contributed by atoms with Gasteiger partial charge in [0, 0.05) is 37.1 Å². The van der Waals surface area contributed by atoms with Crippen LogP contribution in [0.15, 0.2) is 18.3 Å². The van der Waals surface area contributed by atoms with E-state index in [1.165, 1.54) is 19.4 Å². The molecule has 2 aliphatic heterocycles. The molecule has 2 unspecified atom stereocenters. The number of nitrogens with zero attached hydrogens (tertiary/aromatic N) is 2. The Balaban J connectivity index is 1.51. The molecule has 1 aromatic heterocycles. The van der Waals surface area contributed by atoms with Crippen LogP contribution in [-0.4, -0.2) is 55.4 Å². The van der Waals surface area contributed by atoms with Crippen LogP contribution in [-0.2, 0) is 4.74 Å². The molecule has 2 aliphatic rings. The maximum absolute atomic E-state index is 5.92. The zero-order chi connectivity index (χ0) is 13.1. The average molecular weight is 263 g/mol. The van der Waals surface area contributed by atoms with E-state index in [-0.39, 0.29) is 6.10 Å². The van der Waals surface area contributed by atoms with E-state index in [1.54, 1.807) is 13.3 Å². The fourth-order valence-corrected chi connectivity index (χ4v) is 2.87. The van der Waals surface area contributed by atoms with Crippen LogP contribution in [0.5, 0.6) is 5.88 Å². The van der Waals surface area contributed by atoms with Gasteiger partial charge in [0.05, 0.1) is 19.8 Å². The molecule has 104 valence electrons. The second-order valence-electron chi connectivity index (χ2n) is 5.21. The first-order valence-electron chi connectivity index (χ1n) is 6.95. The van der Waals surface area contributed by atoms with Crippen molar-refractivity contribution < 1.29 is 9.47 Å². The van der Waals surface area contributed by atoms with Crippen LogP contribution in [0.3, 0.4) is 0 Å². The number of hydrogen-bond donors (Lipinski definition) is 1. The Morgan fingerprint density at radius 2 is 2.53 bits per heavy atom. The van der Waals surface area contributed by atoms with Gasteiger partial charge in [0.25, 0.3) is 0 Å². The largest absolute Gasteiger partial charge is 0.481 e. The van der Waals surface area contributed by atoms with Crippen molar-refractivity contribution in [3.05, 3.63) is 18.3 Å². The molecule has 0 bridgehead atoms. The second kappa shape index (κ2) is 5.75. The molecule has 1 aromatic rings. The lowest BCUT2D eigenvalue weighted by atomic mass is 10.2. The van der Waals surface area contributed by atoms with Gasteiger partial charge in [-0.3, -0.25) is 4.90 Å². The molecule has 0 aliphatic carbocycles. The smallest absolute Gasteiger partial charge is 0.214 e. The topological polar surface area (TPSA) is 46.6 Å². The van der Waals surface area contributed by atoms with Crippen molar-refractivity contribution in [3.63, 3.8) is 0 Å². The Morgan fingerprint density at radius 1 is 1.58 bits per heavy atom. The molecule has 0 amide bonds. The number of ether oxygens (including phenoxy) is 2. The second-order valence-corrected chi connectivity index (χ2v) is 5.21. The van der Waals surface area contributed by atoms with Crippen LogP contribution < -0.4 is 10.1 Å². The lowest BCUT2D eigenvalue weighted by molar-refractivity contribution is -0.0415. The van der Waals surface area contributed by atoms with Crippen LogP contribution in [0, 0.1) is 0 Å². The van der Waals surface area contributed by atoms with E-state index in [0.29, 0.717) is 11.9 Å². The first kappa shape index (κ1) is 12.7. The van der Waals surface area contributed by atoms with Crippen molar-refractivity contribution in [1.29, 1.82) is 0 Å². The molecule has 3 rings (SSSR count). The number of aromatic nitrogens is 1. The third kappa shape index (κ3) is 2.98. The monoisotopic (exact) mass is 263 g/mol. The first-order valence-corrected chi connectivity index (χ1v) is 6.95. The molecule has 0 spiro atoms. The van der Waals surface area contributed by atoms with E-state index in [1.807, 2.05) is 12.1 Å². The standard InChI is InChI=1S/C14H21N3O2/c1-18-14-7-11(4-5-15-14)16-8-13-9-17-6-2-3-12(17)10-19-13/h4-5,7,12-13H,2-3,6,8-10H2,1H3,(H,15,16). The van der Waals surface area contributed by atoms with Crippen LogP contribution in [0.2, 0.25) is 0 Å². The van der Waals surface area contributed by atoms with Crippen LogP contribution >= 0.6 is 0 Å². The number of methoxy groups -OCH3 is 1. The Kier molecular flexibility index (Phi) is 3.84. The van der Waals surface area contributed by atoms with Crippen molar-refractivity contribution in [1.82, 2.24) is 9.88 Å². The van der Waals surface area contributed by atoms with E-state index >= 15 is 0 Å². The number of nitrogens with one attached hydrogen (secondary N) is 1. The third-order valence-electron chi connectivity index (χ3n) is 3.94. The lowest BCUT2D eigenvalue weighted by Crippen LogP contribution is -2.48. The summed E-state index contributed by atoms with van der Waals surface area (Å²) >= 11 is 0. The summed E-state index contributed by atoms with van der Waals surface area (Å²) < 4.78 is 11.0. The summed E-state index contributed by atoms with van der Waals surface area (Å²) in [4.78, 5) is 6.65. The Hall–Kier alpha value is -1.33. The average Bonchev–Trinajstić information content (AvgIpc) is 2.93. The predicted molar refractivity (Wildman–Crippen MR) is 73.6 cm³/mol. The van der Waals surface area contributed by atoms with E-state index in [0.717, 1.165) is 25.4 Å². The molecule has 0 radical (unpaired) electrons. The molecule has 2 atom stereocenters. The molecule has 0 aromatic carbocycles. The van der Waals surface area contributed by atoms with Gasteiger partial charge >= 0.3 is 0 Å². The van der Waals surface area contributed by atoms with Gasteiger partial charge in [-0.2, -0.15) is 0 Å². The zero-order valence-corrected chi connectivity index (χ0v) is 11.3. The maximum Gasteiger partial charge on any atom is 0.214 e. The quantitative estimate of drug-likeness (QED) is 0.889. The molecule has 2 fully saturated rings. The molecule has 1 N–H and O–H groups in total. The van der Waals surface area contributed by atoms with Gasteiger partial charge in [0.1, 0.15) is 0 Å². The van der Waals surface area contributed by atoms with E-state index in [9.17, 15) is 0 Å². The Morgan fingerprint density at radius 3 is 3.42 bits per heavy atom. The molecule has 2 saturated heterocycles. The minimum atomic E-state index is 0.272. The van der Waals surface area contributed by atoms with E-state index in [4.69, 9.17) is 9.47 Å². The van der Waals surface area contributed by atoms with Gasteiger partial charge in [-0.05, 0) is 25.5 Å². The fourth-order valence-electron chi connectivity index (χ4n) is 2.87. The van der Waals surface area contributed by atoms with E-state index < -0.39 is 0 Å². The summed E-state index contributed by atoms with van der Waals surface area (Å²) in [6.07, 6.45) is 4.63. The highest BCUT2D eigenvalue weighted by Crippen LogP contribution is 2.23. The van der Waals surface area contributed by atoms with Crippen molar-refractivity contribution in [2.75, 3.05) is 38.7 Å². The summed E-state index contributed by atoms with van der Waals surface area (Å²) in [5, 5.41) is 3.40. The maximum atomic E-state index is 5.92. The van der Waals surface area contributed by atoms with Crippen LogP contribution in [0.25, 0.3) is 0 Å². The SMILES string of the molecule is COc1cc(NCC2CN3CCCC3CO2)ccn1. The highest BCUT2D eigenvalue weighted by atomic mass is 16.5. The number of anilines is 1. The minimum absolute atomic E-state index is 0.272. The number of morpholine rings is 1. The summed E-state index contributed by atoms with van der Waals surface area (Å²) in [7, 11) is 1.63. The third-order valence-corrected chi connectivity index (χ3v) is 3.94. The molecule has 19 heavy (non-hydrogen) atoms. The Bertz CT molecular complexity index is 427. The van der Waals surface area contributed by atoms with Gasteiger partial charge in [-0.1, -0.05) is 0 Å². The summed E-state index contributed by atoms with van der Waals surface area (Å²) in [6, 6.07) is 4.52. The van der Waals surface area contributed by atoms with Crippen molar-refractivity contribution in [2.24, 2.45) is 0 Å². The molecule has 5 heteroatoms. The minimum Gasteiger partial charge on any atom is -0.481 e. The highest BCUT2D eigenvalue weighted by molar-refractivity contribution is 5.45. The van der Waals surface area contributed by atoms with Crippen molar-refractivity contribution in [2.45, 2.75) is 25.0 Å². The van der Waals surface area contributed by atoms with E-state index in [2.05, 4.69) is 15.2 Å². The Labute approximate surface area is 113 Å². The number of rotatable bonds is 4. The molecular weight excluding hydrogens is 242 g/mol. The van der Waals surface area contributed by atoms with Crippen molar-refractivity contribution >= 4 is 5.69 Å². The molecule has 5 nitrogen and oxygen atoms in total. The zero-order valence-electron chi connectivity index (χ0n) is 11.3. The van der Waals surface area contributed by atoms with Gasteiger partial charge in [0.15, 0.2) is 0 Å². The van der Waals surface area contributed by atoms with Gasteiger partial charge in [0.2, 0.25) is 5.88 Å². The fraction of sp³-hybridized carbons (Fsp3) is 0.643. The molecule has 0 saturated carbocycles. The van der Waals surface area contributed by atoms with Gasteiger partial charge in [-0.15, -0.1) is 0 Å². The molecular formula is C14H21N3O2. The van der Waals surface area contributed by atoms with Crippen LogP contribution in [0.4, 0.5) is 5.69 Å². The van der Waals surface area contributed by atoms with Crippen LogP contribution in [0.1, 0.15) is 12.8 Å². The summed E-state index contributed by atoms with van der Waals surface area (Å²) in [5.41, 5.74) is 1.03. The number of hydrogen-bond acceptors (Lipinski definition) is 5. The van der Waals surface area contributed by atoms with Gasteiger partial charge < -0.3 is 14.8 Å². The number of pyridine rings is 1. The summed E-state index contributed by atoms with van der Waals surface area (Å²) in [5.74, 6) is 0.633. The summed E-state index contributed by atoms with van der Waals surface area (Å²) in [6.45, 7) is 3.98. The van der Waals surface area contributed by atoms with Crippen molar-refractivity contribution in [3.8, 4) is 5.88 Å². The first-order chi connectivity index (χ1) is 9.35. The highest BCUT2D eigenvalue weighted by Gasteiger charge is 2.31. The van der Waals surface area contributed by atoms with Gasteiger partial charge in [-0.25, -0.2) is 4.98 Å². The predicted octanol–water partition coefficient (Wildman–Crippen LogP) is 1.37.